The molecule has 7 fully saturated rings. The van der Waals surface area contributed by atoms with Crippen LogP contribution < -0.4 is 5.32 Å². The summed E-state index contributed by atoms with van der Waals surface area (Å²) < 4.78 is 2.27. The van der Waals surface area contributed by atoms with E-state index in [-0.39, 0.29) is 30.4 Å². The largest absolute Gasteiger partial charge is 0.393 e. The van der Waals surface area contributed by atoms with E-state index in [0.29, 0.717) is 12.8 Å². The third-order valence-electron chi connectivity index (χ3n) is 11.8. The van der Waals surface area contributed by atoms with Crippen LogP contribution in [0.4, 0.5) is 5.69 Å². The number of para-hydroxylation sites is 2. The summed E-state index contributed by atoms with van der Waals surface area (Å²) in [5.41, 5.74) is 3.09. The zero-order chi connectivity index (χ0) is 32.9. The molecule has 0 saturated carbocycles. The lowest BCUT2D eigenvalue weighted by atomic mass is 9.86. The molecule has 3 amide bonds. The van der Waals surface area contributed by atoms with Gasteiger partial charge in [-0.05, 0) is 42.5 Å². The number of carbonyl (C=O) groups is 3. The van der Waals surface area contributed by atoms with Gasteiger partial charge in [0.1, 0.15) is 16.6 Å². The van der Waals surface area contributed by atoms with Gasteiger partial charge in [-0.2, -0.15) is 0 Å². The zero-order valence-corrected chi connectivity index (χ0v) is 29.4. The highest BCUT2D eigenvalue weighted by molar-refractivity contribution is 8.78. The van der Waals surface area contributed by atoms with Crippen molar-refractivity contribution < 1.29 is 24.6 Å². The summed E-state index contributed by atoms with van der Waals surface area (Å²) in [5.74, 6) is -0.548. The number of benzene rings is 2. The predicted octanol–water partition coefficient (Wildman–Crippen LogP) is 2.74. The number of hydrogen-bond donors (Lipinski definition) is 3. The molecule has 8 aliphatic heterocycles. The maximum Gasteiger partial charge on any atom is 0.265 e. The van der Waals surface area contributed by atoms with Gasteiger partial charge in [-0.15, -0.1) is 0 Å². The molecule has 1 aromatic heterocycles. The maximum absolute atomic E-state index is 14.5. The molecule has 2 aromatic carbocycles. The normalized spacial score (nSPS) is 38.8. The second kappa shape index (κ2) is 9.58. The summed E-state index contributed by atoms with van der Waals surface area (Å²) in [5, 5.41) is 25.6. The van der Waals surface area contributed by atoms with Crippen LogP contribution in [0.15, 0.2) is 54.7 Å². The number of aliphatic hydroxyl groups is 2. The van der Waals surface area contributed by atoms with E-state index in [1.54, 1.807) is 22.7 Å². The SMILES string of the molecule is CC1N(C)C2(CO)SSC1(Cc1cn(C34CC56SSC(CO)(C(=O)N5C3Nc3ccccc34)N(C)C6=O)c3ccccc13)N(C)C2=O. The maximum atomic E-state index is 14.5. The highest BCUT2D eigenvalue weighted by atomic mass is 33.1. The molecule has 15 heteroatoms. The fourth-order valence-corrected chi connectivity index (χ4v) is 16.6. The highest BCUT2D eigenvalue weighted by Gasteiger charge is 2.78. The minimum Gasteiger partial charge on any atom is -0.393 e. The number of fused-ring (bicyclic) bond motifs is 9. The van der Waals surface area contributed by atoms with Crippen LogP contribution in [-0.4, -0.2) is 118 Å². The monoisotopic (exact) mass is 710 g/mol. The Hall–Kier alpha value is -2.53. The molecule has 47 heavy (non-hydrogen) atoms. The lowest BCUT2D eigenvalue weighted by Crippen LogP contribution is -2.78. The van der Waals surface area contributed by atoms with Gasteiger partial charge < -0.3 is 29.9 Å². The minimum absolute atomic E-state index is 0.0610. The number of likely N-dealkylation sites (N-methyl/N-ethyl adjacent to an activating group) is 3. The first-order chi connectivity index (χ1) is 22.5. The van der Waals surface area contributed by atoms with Gasteiger partial charge in [0.2, 0.25) is 4.87 Å². The van der Waals surface area contributed by atoms with Gasteiger partial charge in [-0.25, -0.2) is 0 Å². The molecule has 4 bridgehead atoms. The molecule has 1 spiro atoms. The third kappa shape index (κ3) is 3.22. The van der Waals surface area contributed by atoms with E-state index in [2.05, 4.69) is 41.2 Å². The topological polar surface area (TPSA) is 122 Å². The average Bonchev–Trinajstić information content (AvgIpc) is 3.71. The van der Waals surface area contributed by atoms with Crippen LogP contribution in [0.5, 0.6) is 0 Å². The molecule has 11 nitrogen and oxygen atoms in total. The molecule has 3 N–H and O–H groups in total. The molecule has 246 valence electrons. The summed E-state index contributed by atoms with van der Waals surface area (Å²) in [6, 6.07) is 16.2. The number of carbonyl (C=O) groups excluding carboxylic acids is 3. The molecule has 3 aromatic rings. The Morgan fingerprint density at radius 1 is 0.851 bits per heavy atom. The van der Waals surface area contributed by atoms with Crippen LogP contribution in [0.2, 0.25) is 0 Å². The van der Waals surface area contributed by atoms with Crippen molar-refractivity contribution >= 4 is 77.5 Å². The molecular weight excluding hydrogens is 677 g/mol. The average molecular weight is 711 g/mol. The van der Waals surface area contributed by atoms with Gasteiger partial charge in [-0.3, -0.25) is 24.2 Å². The Morgan fingerprint density at radius 2 is 1.55 bits per heavy atom. The van der Waals surface area contributed by atoms with Crippen molar-refractivity contribution in [3.05, 3.63) is 65.9 Å². The minimum atomic E-state index is -1.39. The number of aromatic nitrogens is 1. The molecule has 7 saturated heterocycles. The van der Waals surface area contributed by atoms with Gasteiger partial charge in [-0.1, -0.05) is 68.8 Å². The number of nitrogens with one attached hydrogen (secondary N) is 1. The van der Waals surface area contributed by atoms with E-state index in [4.69, 9.17) is 0 Å². The van der Waals surface area contributed by atoms with Crippen molar-refractivity contribution in [2.24, 2.45) is 0 Å². The van der Waals surface area contributed by atoms with Crippen molar-refractivity contribution in [1.29, 1.82) is 0 Å². The van der Waals surface area contributed by atoms with Crippen LogP contribution in [-0.2, 0) is 26.3 Å². The highest BCUT2D eigenvalue weighted by Crippen LogP contribution is 2.69. The molecule has 11 rings (SSSR count). The molecule has 0 radical (unpaired) electrons. The van der Waals surface area contributed by atoms with Crippen LogP contribution in [0.3, 0.4) is 0 Å². The predicted molar refractivity (Wildman–Crippen MR) is 186 cm³/mol. The van der Waals surface area contributed by atoms with Gasteiger partial charge in [0.05, 0.1) is 13.2 Å². The van der Waals surface area contributed by atoms with Gasteiger partial charge in [0.15, 0.2) is 9.74 Å². The first-order valence-electron chi connectivity index (χ1n) is 15.5. The molecule has 7 atom stereocenters. The second-order valence-corrected chi connectivity index (χ2v) is 18.8. The summed E-state index contributed by atoms with van der Waals surface area (Å²) in [4.78, 5) is 45.4. The van der Waals surface area contributed by atoms with Crippen molar-refractivity contribution in [2.75, 3.05) is 39.7 Å². The Kier molecular flexibility index (Phi) is 6.22. The van der Waals surface area contributed by atoms with E-state index in [9.17, 15) is 24.6 Å². The number of amides is 3. The first-order valence-corrected chi connectivity index (χ1v) is 19.8. The Labute approximate surface area is 287 Å². The van der Waals surface area contributed by atoms with E-state index in [1.807, 2.05) is 54.2 Å². The lowest BCUT2D eigenvalue weighted by molar-refractivity contribution is -0.166. The third-order valence-corrected chi connectivity index (χ3v) is 19.4. The van der Waals surface area contributed by atoms with E-state index in [0.717, 1.165) is 27.7 Å². The standard InChI is InChI=1S/C32H34N6O5S4/c1-18-29(35(3)26(42)31(16-39,34(18)2)46-44-29)13-19-14-37(23-12-8-5-9-20(19)23)28-15-30-25(41)36(4)32(17-40,47-45-30)27(43)38(30)24(28)33-22-11-7-6-10-21(22)28/h5-12,14,18,24,33,39-40H,13,15-17H2,1-4H3. The molecule has 7 unspecified atom stereocenters. The Bertz CT molecular complexity index is 1930. The summed E-state index contributed by atoms with van der Waals surface area (Å²) in [6.07, 6.45) is 2.48. The second-order valence-electron chi connectivity index (χ2n) is 13.4. The number of hydrogen-bond acceptors (Lipinski definition) is 11. The Balaban J connectivity index is 1.25. The fourth-order valence-electron chi connectivity index (χ4n) is 8.97. The molecule has 9 heterocycles. The summed E-state index contributed by atoms with van der Waals surface area (Å²) >= 11 is 0. The van der Waals surface area contributed by atoms with Crippen LogP contribution in [0, 0.1) is 0 Å². The molecule has 8 aliphatic rings. The van der Waals surface area contributed by atoms with Gasteiger partial charge in [0.25, 0.3) is 17.7 Å². The van der Waals surface area contributed by atoms with Crippen molar-refractivity contribution in [3.63, 3.8) is 0 Å². The Morgan fingerprint density at radius 3 is 2.32 bits per heavy atom. The van der Waals surface area contributed by atoms with Crippen LogP contribution in [0.25, 0.3) is 10.9 Å². The van der Waals surface area contributed by atoms with Crippen molar-refractivity contribution in [1.82, 2.24) is 24.2 Å². The number of anilines is 1. The lowest BCUT2D eigenvalue weighted by Gasteiger charge is -2.63. The first kappa shape index (κ1) is 30.5. The number of piperazine rings is 2. The molecular formula is C32H34N6O5S4. The van der Waals surface area contributed by atoms with E-state index >= 15 is 0 Å². The number of nitrogens with zero attached hydrogens (tertiary/aromatic N) is 5. The zero-order valence-electron chi connectivity index (χ0n) is 26.2. The van der Waals surface area contributed by atoms with Gasteiger partial charge in [0, 0.05) is 61.3 Å². The quantitative estimate of drug-likeness (QED) is 0.339. The van der Waals surface area contributed by atoms with Gasteiger partial charge >= 0.3 is 0 Å². The van der Waals surface area contributed by atoms with Crippen molar-refractivity contribution in [2.45, 2.75) is 57.0 Å². The van der Waals surface area contributed by atoms with E-state index in [1.165, 1.54) is 37.3 Å². The smallest absolute Gasteiger partial charge is 0.265 e. The molecule has 0 aliphatic carbocycles. The van der Waals surface area contributed by atoms with Crippen molar-refractivity contribution in [3.8, 4) is 0 Å². The number of aliphatic hydroxyl groups excluding tert-OH is 2. The number of rotatable bonds is 5. The summed E-state index contributed by atoms with van der Waals surface area (Å²) in [6.45, 7) is 1.38. The summed E-state index contributed by atoms with van der Waals surface area (Å²) in [7, 11) is 11.2. The van der Waals surface area contributed by atoms with Crippen LogP contribution in [0.1, 0.15) is 24.5 Å². The van der Waals surface area contributed by atoms with E-state index < -0.39 is 37.8 Å². The fraction of sp³-hybridized carbons (Fsp3) is 0.469. The van der Waals surface area contributed by atoms with Crippen LogP contribution >= 0.6 is 43.2 Å².